The first-order valence-corrected chi connectivity index (χ1v) is 4.03. The molecular formula is C9H5F3N2O. The van der Waals surface area contributed by atoms with E-state index in [9.17, 15) is 18.0 Å². The van der Waals surface area contributed by atoms with Crippen LogP contribution in [-0.4, -0.2) is 9.97 Å². The third-order valence-electron chi connectivity index (χ3n) is 1.90. The molecular weight excluding hydrogens is 209 g/mol. The van der Waals surface area contributed by atoms with Gasteiger partial charge in [-0.05, 0) is 18.2 Å². The molecule has 15 heavy (non-hydrogen) atoms. The van der Waals surface area contributed by atoms with E-state index in [1.54, 1.807) is 0 Å². The minimum atomic E-state index is -4.40. The zero-order valence-corrected chi connectivity index (χ0v) is 7.30. The molecule has 0 fully saturated rings. The largest absolute Gasteiger partial charge is 0.416 e. The van der Waals surface area contributed by atoms with Crippen LogP contribution in [0.1, 0.15) is 5.56 Å². The van der Waals surface area contributed by atoms with Gasteiger partial charge in [0.15, 0.2) is 0 Å². The summed E-state index contributed by atoms with van der Waals surface area (Å²) >= 11 is 0. The van der Waals surface area contributed by atoms with Crippen LogP contribution in [0.5, 0.6) is 0 Å². The lowest BCUT2D eigenvalue weighted by molar-refractivity contribution is -0.137. The van der Waals surface area contributed by atoms with Gasteiger partial charge in [0, 0.05) is 0 Å². The van der Waals surface area contributed by atoms with Crippen LogP contribution in [0.4, 0.5) is 13.2 Å². The summed E-state index contributed by atoms with van der Waals surface area (Å²) in [6.45, 7) is 0. The third-order valence-corrected chi connectivity index (χ3v) is 1.90. The highest BCUT2D eigenvalue weighted by atomic mass is 19.4. The fourth-order valence-electron chi connectivity index (χ4n) is 1.21. The normalized spacial score (nSPS) is 11.9. The number of benzene rings is 1. The van der Waals surface area contributed by atoms with Crippen LogP contribution in [0, 0.1) is 0 Å². The lowest BCUT2D eigenvalue weighted by Crippen LogP contribution is -2.08. The monoisotopic (exact) mass is 214 g/mol. The van der Waals surface area contributed by atoms with E-state index >= 15 is 0 Å². The number of halogens is 3. The minimum absolute atomic E-state index is 0.115. The van der Waals surface area contributed by atoms with Crippen molar-refractivity contribution in [3.63, 3.8) is 0 Å². The van der Waals surface area contributed by atoms with Crippen LogP contribution in [0.3, 0.4) is 0 Å². The van der Waals surface area contributed by atoms with Gasteiger partial charge in [0.1, 0.15) is 0 Å². The predicted molar refractivity (Wildman–Crippen MR) is 47.4 cm³/mol. The van der Waals surface area contributed by atoms with E-state index in [1.807, 2.05) is 0 Å². The molecule has 0 bridgehead atoms. The first-order chi connectivity index (χ1) is 6.97. The van der Waals surface area contributed by atoms with Gasteiger partial charge in [0.2, 0.25) is 0 Å². The molecule has 78 valence electrons. The van der Waals surface area contributed by atoms with Crippen molar-refractivity contribution in [2.45, 2.75) is 6.18 Å². The molecule has 0 radical (unpaired) electrons. The number of fused-ring (bicyclic) bond motifs is 1. The zero-order valence-electron chi connectivity index (χ0n) is 7.30. The molecule has 2 rings (SSSR count). The quantitative estimate of drug-likeness (QED) is 0.728. The molecule has 0 amide bonds. The number of hydrogen-bond donors (Lipinski definition) is 1. The van der Waals surface area contributed by atoms with E-state index in [4.69, 9.17) is 0 Å². The summed E-state index contributed by atoms with van der Waals surface area (Å²) in [6.07, 6.45) is -3.45. The summed E-state index contributed by atoms with van der Waals surface area (Å²) < 4.78 is 36.9. The Morgan fingerprint density at radius 2 is 2.00 bits per heavy atom. The highest BCUT2D eigenvalue weighted by molar-refractivity contribution is 5.74. The second-order valence-corrected chi connectivity index (χ2v) is 2.98. The Morgan fingerprint density at radius 1 is 1.27 bits per heavy atom. The molecule has 1 aromatic heterocycles. The van der Waals surface area contributed by atoms with Crippen LogP contribution >= 0.6 is 0 Å². The lowest BCUT2D eigenvalue weighted by Gasteiger charge is -2.06. The number of nitrogens with zero attached hydrogens (tertiary/aromatic N) is 1. The van der Waals surface area contributed by atoms with Gasteiger partial charge >= 0.3 is 6.18 Å². The molecule has 0 aliphatic heterocycles. The second-order valence-electron chi connectivity index (χ2n) is 2.98. The van der Waals surface area contributed by atoms with Gasteiger partial charge in [-0.25, -0.2) is 4.98 Å². The lowest BCUT2D eigenvalue weighted by atomic mass is 10.2. The second kappa shape index (κ2) is 3.08. The fourth-order valence-corrected chi connectivity index (χ4v) is 1.21. The van der Waals surface area contributed by atoms with Crippen molar-refractivity contribution < 1.29 is 13.2 Å². The van der Waals surface area contributed by atoms with E-state index in [1.165, 1.54) is 6.07 Å². The first-order valence-electron chi connectivity index (χ1n) is 4.03. The van der Waals surface area contributed by atoms with Gasteiger partial charge in [-0.1, -0.05) is 0 Å². The number of aromatic nitrogens is 2. The number of nitrogens with one attached hydrogen (secondary N) is 1. The molecule has 0 unspecified atom stereocenters. The molecule has 6 heteroatoms. The summed E-state index contributed by atoms with van der Waals surface area (Å²) in [6, 6.07) is 2.98. The Hall–Kier alpha value is -1.85. The van der Waals surface area contributed by atoms with Crippen LogP contribution in [-0.2, 0) is 6.18 Å². The number of H-pyrrole nitrogens is 1. The highest BCUT2D eigenvalue weighted by Crippen LogP contribution is 2.30. The van der Waals surface area contributed by atoms with Crippen LogP contribution in [0.15, 0.2) is 29.2 Å². The SMILES string of the molecule is O=c1cnc2cc(C(F)(F)F)ccc2[nH]1. The van der Waals surface area contributed by atoms with Crippen LogP contribution < -0.4 is 5.56 Å². The van der Waals surface area contributed by atoms with Gasteiger partial charge in [-0.15, -0.1) is 0 Å². The molecule has 1 aromatic carbocycles. The standard InChI is InChI=1S/C9H5F3N2O/c10-9(11,12)5-1-2-6-7(3-5)13-4-8(15)14-6/h1-4H,(H,14,15). The topological polar surface area (TPSA) is 45.8 Å². The van der Waals surface area contributed by atoms with Crippen molar-refractivity contribution in [3.05, 3.63) is 40.3 Å². The maximum Gasteiger partial charge on any atom is 0.416 e. The molecule has 1 heterocycles. The smallest absolute Gasteiger partial charge is 0.319 e. The van der Waals surface area contributed by atoms with Gasteiger partial charge < -0.3 is 4.98 Å². The highest BCUT2D eigenvalue weighted by Gasteiger charge is 2.30. The van der Waals surface area contributed by atoms with E-state index in [2.05, 4.69) is 9.97 Å². The summed E-state index contributed by atoms with van der Waals surface area (Å²) in [5.41, 5.74) is -0.822. The van der Waals surface area contributed by atoms with E-state index in [0.29, 0.717) is 0 Å². The molecule has 1 N–H and O–H groups in total. The van der Waals surface area contributed by atoms with Crippen molar-refractivity contribution in [1.29, 1.82) is 0 Å². The Balaban J connectivity index is 2.67. The van der Waals surface area contributed by atoms with E-state index in [-0.39, 0.29) is 11.0 Å². The van der Waals surface area contributed by atoms with Crippen molar-refractivity contribution in [1.82, 2.24) is 9.97 Å². The van der Waals surface area contributed by atoms with Gasteiger partial charge in [-0.3, -0.25) is 4.79 Å². The Morgan fingerprint density at radius 3 is 2.67 bits per heavy atom. The predicted octanol–water partition coefficient (Wildman–Crippen LogP) is 1.94. The molecule has 0 aliphatic rings. The van der Waals surface area contributed by atoms with Gasteiger partial charge in [0.05, 0.1) is 22.8 Å². The minimum Gasteiger partial charge on any atom is -0.319 e. The maximum atomic E-state index is 12.3. The molecule has 3 nitrogen and oxygen atoms in total. The fraction of sp³-hybridized carbons (Fsp3) is 0.111. The Kier molecular flexibility index (Phi) is 1.99. The molecule has 2 aromatic rings. The van der Waals surface area contributed by atoms with Crippen molar-refractivity contribution >= 4 is 11.0 Å². The summed E-state index contributed by atoms with van der Waals surface area (Å²) in [5.74, 6) is 0. The van der Waals surface area contributed by atoms with Crippen LogP contribution in [0.2, 0.25) is 0 Å². The van der Waals surface area contributed by atoms with E-state index in [0.717, 1.165) is 18.3 Å². The molecule has 0 saturated heterocycles. The Bertz CT molecular complexity index is 559. The van der Waals surface area contributed by atoms with Gasteiger partial charge in [0.25, 0.3) is 5.56 Å². The zero-order chi connectivity index (χ0) is 11.1. The van der Waals surface area contributed by atoms with Crippen molar-refractivity contribution in [2.24, 2.45) is 0 Å². The summed E-state index contributed by atoms with van der Waals surface area (Å²) in [4.78, 5) is 16.8. The summed E-state index contributed by atoms with van der Waals surface area (Å²) in [5, 5.41) is 0. The number of rotatable bonds is 0. The molecule has 0 spiro atoms. The molecule has 0 saturated carbocycles. The van der Waals surface area contributed by atoms with Crippen molar-refractivity contribution in [3.8, 4) is 0 Å². The maximum absolute atomic E-state index is 12.3. The van der Waals surface area contributed by atoms with E-state index < -0.39 is 17.3 Å². The van der Waals surface area contributed by atoms with Gasteiger partial charge in [-0.2, -0.15) is 13.2 Å². The van der Waals surface area contributed by atoms with Crippen molar-refractivity contribution in [2.75, 3.05) is 0 Å². The molecule has 0 aliphatic carbocycles. The Labute approximate surface area is 81.6 Å². The number of hydrogen-bond acceptors (Lipinski definition) is 2. The van der Waals surface area contributed by atoms with Crippen LogP contribution in [0.25, 0.3) is 11.0 Å². The first kappa shape index (κ1) is 9.70. The summed E-state index contributed by atoms with van der Waals surface area (Å²) in [7, 11) is 0. The third kappa shape index (κ3) is 1.83. The number of alkyl halides is 3. The number of aromatic amines is 1. The average Bonchev–Trinajstić information content (AvgIpc) is 2.15. The average molecular weight is 214 g/mol. The molecule has 0 atom stereocenters.